The van der Waals surface area contributed by atoms with Crippen LogP contribution in [0.15, 0.2) is 0 Å². The van der Waals surface area contributed by atoms with Crippen LogP contribution in [0.25, 0.3) is 0 Å². The standard InChI is InChI=1S/C52H103NO5/c1-3-5-7-9-11-13-15-17-19-21-23-25-30-34-38-42-46-52(57)58-47-43-39-35-31-27-26-29-33-37-41-45-51(56)53-49(48-54)50(55)44-40-36-32-28-24-22-20-18-16-14-12-10-8-6-4-2/h49-50,54-55H,3-48H2,1-2H3,(H,53,56). The lowest BCUT2D eigenvalue weighted by atomic mass is 10.0. The Balaban J connectivity index is 3.45. The number of ether oxygens (including phenoxy) is 1. The summed E-state index contributed by atoms with van der Waals surface area (Å²) in [5.41, 5.74) is 0. The highest BCUT2D eigenvalue weighted by Crippen LogP contribution is 2.17. The number of amides is 1. The molecule has 0 radical (unpaired) electrons. The maximum Gasteiger partial charge on any atom is 0.305 e. The van der Waals surface area contributed by atoms with E-state index in [1.807, 2.05) is 0 Å². The van der Waals surface area contributed by atoms with Gasteiger partial charge in [-0.2, -0.15) is 0 Å². The summed E-state index contributed by atoms with van der Waals surface area (Å²) in [6, 6.07) is -0.556. The second kappa shape index (κ2) is 48.5. The smallest absolute Gasteiger partial charge is 0.305 e. The number of carbonyl (C=O) groups is 2. The molecular formula is C52H103NO5. The molecular weight excluding hydrogens is 719 g/mol. The first kappa shape index (κ1) is 56.9. The van der Waals surface area contributed by atoms with Gasteiger partial charge in [-0.15, -0.1) is 0 Å². The maximum atomic E-state index is 12.4. The van der Waals surface area contributed by atoms with Crippen molar-refractivity contribution < 1.29 is 24.5 Å². The summed E-state index contributed by atoms with van der Waals surface area (Å²) in [5, 5.41) is 23.2. The van der Waals surface area contributed by atoms with E-state index in [1.54, 1.807) is 0 Å². The number of unbranched alkanes of at least 4 members (excludes halogenated alkanes) is 38. The predicted octanol–water partition coefficient (Wildman–Crippen LogP) is 15.6. The van der Waals surface area contributed by atoms with E-state index in [9.17, 15) is 19.8 Å². The van der Waals surface area contributed by atoms with Crippen LogP contribution in [0.5, 0.6) is 0 Å². The molecule has 0 aliphatic rings. The molecule has 3 N–H and O–H groups in total. The third-order valence-corrected chi connectivity index (χ3v) is 12.4. The molecule has 6 nitrogen and oxygen atoms in total. The van der Waals surface area contributed by atoms with E-state index in [2.05, 4.69) is 19.2 Å². The second-order valence-corrected chi connectivity index (χ2v) is 18.2. The fourth-order valence-electron chi connectivity index (χ4n) is 8.35. The third kappa shape index (κ3) is 44.4. The van der Waals surface area contributed by atoms with Crippen molar-refractivity contribution in [1.29, 1.82) is 0 Å². The van der Waals surface area contributed by atoms with Crippen molar-refractivity contribution in [3.05, 3.63) is 0 Å². The van der Waals surface area contributed by atoms with E-state index in [-0.39, 0.29) is 18.5 Å². The van der Waals surface area contributed by atoms with Gasteiger partial charge in [-0.1, -0.05) is 258 Å². The zero-order valence-electron chi connectivity index (χ0n) is 39.3. The topological polar surface area (TPSA) is 95.9 Å². The van der Waals surface area contributed by atoms with E-state index in [0.717, 1.165) is 57.8 Å². The molecule has 0 aromatic carbocycles. The van der Waals surface area contributed by atoms with Crippen LogP contribution in [-0.4, -0.2) is 47.4 Å². The van der Waals surface area contributed by atoms with E-state index < -0.39 is 12.1 Å². The van der Waals surface area contributed by atoms with Gasteiger partial charge in [0.15, 0.2) is 0 Å². The fraction of sp³-hybridized carbons (Fsp3) is 0.962. The Labute approximate surface area is 362 Å². The molecule has 0 aliphatic carbocycles. The summed E-state index contributed by atoms with van der Waals surface area (Å²) in [4.78, 5) is 24.5. The van der Waals surface area contributed by atoms with Crippen molar-refractivity contribution in [3.63, 3.8) is 0 Å². The molecule has 0 aromatic rings. The summed E-state index contributed by atoms with van der Waals surface area (Å²) in [6.45, 7) is 4.92. The number of nitrogens with one attached hydrogen (secondary N) is 1. The Morgan fingerprint density at radius 2 is 0.707 bits per heavy atom. The van der Waals surface area contributed by atoms with Gasteiger partial charge in [0.1, 0.15) is 0 Å². The SMILES string of the molecule is CCCCCCCCCCCCCCCCCCC(=O)OCCCCCCCCCCCCC(=O)NC(CO)C(O)CCCCCCCCCCCCCCCCC. The van der Waals surface area contributed by atoms with Crippen molar-refractivity contribution in [2.45, 2.75) is 309 Å². The van der Waals surface area contributed by atoms with Gasteiger partial charge in [0.2, 0.25) is 5.91 Å². The van der Waals surface area contributed by atoms with Crippen molar-refractivity contribution in [1.82, 2.24) is 5.32 Å². The van der Waals surface area contributed by atoms with Crippen LogP contribution in [-0.2, 0) is 14.3 Å². The molecule has 0 aliphatic heterocycles. The Morgan fingerprint density at radius 3 is 1.05 bits per heavy atom. The van der Waals surface area contributed by atoms with Crippen LogP contribution in [0.2, 0.25) is 0 Å². The minimum Gasteiger partial charge on any atom is -0.466 e. The van der Waals surface area contributed by atoms with Gasteiger partial charge in [-0.25, -0.2) is 0 Å². The molecule has 2 atom stereocenters. The molecule has 1 amide bonds. The highest BCUT2D eigenvalue weighted by molar-refractivity contribution is 5.76. The van der Waals surface area contributed by atoms with Gasteiger partial charge < -0.3 is 20.3 Å². The lowest BCUT2D eigenvalue weighted by Crippen LogP contribution is -2.45. The van der Waals surface area contributed by atoms with Crippen molar-refractivity contribution in [3.8, 4) is 0 Å². The summed E-state index contributed by atoms with van der Waals surface area (Å²) in [7, 11) is 0. The number of carbonyl (C=O) groups excluding carboxylic acids is 2. The molecule has 0 spiro atoms. The van der Waals surface area contributed by atoms with E-state index in [4.69, 9.17) is 4.74 Å². The van der Waals surface area contributed by atoms with Crippen LogP contribution in [0.3, 0.4) is 0 Å². The molecule has 346 valence electrons. The average molecular weight is 822 g/mol. The minimum absolute atomic E-state index is 0.0146. The highest BCUT2D eigenvalue weighted by atomic mass is 16.5. The second-order valence-electron chi connectivity index (χ2n) is 18.2. The van der Waals surface area contributed by atoms with E-state index in [1.165, 1.54) is 205 Å². The van der Waals surface area contributed by atoms with Gasteiger partial charge in [-0.05, 0) is 25.7 Å². The van der Waals surface area contributed by atoms with E-state index >= 15 is 0 Å². The summed E-state index contributed by atoms with van der Waals surface area (Å²) in [5.74, 6) is -0.0697. The summed E-state index contributed by atoms with van der Waals surface area (Å²) < 4.78 is 5.46. The third-order valence-electron chi connectivity index (χ3n) is 12.4. The molecule has 0 rings (SSSR count). The van der Waals surface area contributed by atoms with Crippen LogP contribution in [0.4, 0.5) is 0 Å². The molecule has 0 fully saturated rings. The predicted molar refractivity (Wildman–Crippen MR) is 250 cm³/mol. The summed E-state index contributed by atoms with van der Waals surface area (Å²) in [6.07, 6.45) is 53.5. The largest absolute Gasteiger partial charge is 0.466 e. The van der Waals surface area contributed by atoms with Gasteiger partial charge in [-0.3, -0.25) is 9.59 Å². The van der Waals surface area contributed by atoms with Gasteiger partial charge in [0.05, 0.1) is 25.4 Å². The van der Waals surface area contributed by atoms with Crippen molar-refractivity contribution in [2.75, 3.05) is 13.2 Å². The average Bonchev–Trinajstić information content (AvgIpc) is 3.22. The maximum absolute atomic E-state index is 12.4. The Kier molecular flexibility index (Phi) is 47.6. The molecule has 0 bridgehead atoms. The van der Waals surface area contributed by atoms with Crippen molar-refractivity contribution in [2.24, 2.45) is 0 Å². The molecule has 0 aromatic heterocycles. The normalized spacial score (nSPS) is 12.6. The number of hydrogen-bond donors (Lipinski definition) is 3. The zero-order chi connectivity index (χ0) is 42.3. The number of esters is 1. The lowest BCUT2D eigenvalue weighted by Gasteiger charge is -2.22. The highest BCUT2D eigenvalue weighted by Gasteiger charge is 2.20. The first-order valence-electron chi connectivity index (χ1n) is 26.3. The number of aliphatic hydroxyl groups is 2. The monoisotopic (exact) mass is 822 g/mol. The molecule has 0 heterocycles. The van der Waals surface area contributed by atoms with Crippen molar-refractivity contribution >= 4 is 11.9 Å². The lowest BCUT2D eigenvalue weighted by molar-refractivity contribution is -0.143. The molecule has 0 saturated heterocycles. The minimum atomic E-state index is -0.677. The van der Waals surface area contributed by atoms with E-state index in [0.29, 0.717) is 25.9 Å². The Hall–Kier alpha value is -1.14. The first-order valence-corrected chi connectivity index (χ1v) is 26.3. The Bertz CT molecular complexity index is 822. The summed E-state index contributed by atoms with van der Waals surface area (Å²) >= 11 is 0. The Morgan fingerprint density at radius 1 is 0.414 bits per heavy atom. The molecule has 6 heteroatoms. The molecule has 58 heavy (non-hydrogen) atoms. The zero-order valence-corrected chi connectivity index (χ0v) is 39.3. The number of hydrogen-bond acceptors (Lipinski definition) is 5. The number of rotatable bonds is 49. The molecule has 0 saturated carbocycles. The number of aliphatic hydroxyl groups excluding tert-OH is 2. The van der Waals surface area contributed by atoms with Crippen LogP contribution >= 0.6 is 0 Å². The quantitative estimate of drug-likeness (QED) is 0.0420. The first-order chi connectivity index (χ1) is 28.5. The van der Waals surface area contributed by atoms with Gasteiger partial charge in [0, 0.05) is 12.8 Å². The van der Waals surface area contributed by atoms with Gasteiger partial charge >= 0.3 is 5.97 Å². The van der Waals surface area contributed by atoms with Crippen LogP contribution < -0.4 is 5.32 Å². The van der Waals surface area contributed by atoms with Gasteiger partial charge in [0.25, 0.3) is 0 Å². The van der Waals surface area contributed by atoms with Crippen LogP contribution in [0.1, 0.15) is 296 Å². The molecule has 2 unspecified atom stereocenters. The van der Waals surface area contributed by atoms with Crippen LogP contribution in [0, 0.1) is 0 Å². The fourth-order valence-corrected chi connectivity index (χ4v) is 8.35.